The number of carbonyl (C=O) groups excluding carboxylic acids is 2. The molecule has 1 aromatic heterocycles. The standard InChI is InChI=1S/C21H22N4O2S/c1-13(23-21-25-17-7-2-3-8-18(17)28-21)19(26)22-12-14-5-4-6-16(11-14)24-20(27)15-9-10-15/h2-8,11,13,15H,9-10,12H2,1H3,(H,22,26)(H,23,25)(H,24,27). The van der Waals surface area contributed by atoms with E-state index in [1.807, 2.05) is 55.5 Å². The van der Waals surface area contributed by atoms with E-state index in [2.05, 4.69) is 20.9 Å². The Balaban J connectivity index is 1.31. The van der Waals surface area contributed by atoms with E-state index < -0.39 is 6.04 Å². The zero-order valence-corrected chi connectivity index (χ0v) is 16.4. The molecular weight excluding hydrogens is 372 g/mol. The maximum atomic E-state index is 12.4. The molecule has 6 nitrogen and oxygen atoms in total. The van der Waals surface area contributed by atoms with Crippen LogP contribution < -0.4 is 16.0 Å². The van der Waals surface area contributed by atoms with Crippen molar-refractivity contribution in [3.63, 3.8) is 0 Å². The van der Waals surface area contributed by atoms with Crippen LogP contribution in [-0.4, -0.2) is 22.8 Å². The van der Waals surface area contributed by atoms with Gasteiger partial charge in [0, 0.05) is 18.2 Å². The Hall–Kier alpha value is -2.93. The smallest absolute Gasteiger partial charge is 0.242 e. The van der Waals surface area contributed by atoms with Gasteiger partial charge in [0.25, 0.3) is 0 Å². The summed E-state index contributed by atoms with van der Waals surface area (Å²) in [6.45, 7) is 2.21. The van der Waals surface area contributed by atoms with Crippen molar-refractivity contribution >= 4 is 44.2 Å². The third-order valence-corrected chi connectivity index (χ3v) is 5.60. The zero-order valence-electron chi connectivity index (χ0n) is 15.6. The first-order valence-corrected chi connectivity index (χ1v) is 10.2. The van der Waals surface area contributed by atoms with Gasteiger partial charge in [-0.2, -0.15) is 0 Å². The van der Waals surface area contributed by atoms with Gasteiger partial charge in [-0.25, -0.2) is 4.98 Å². The maximum Gasteiger partial charge on any atom is 0.242 e. The number of anilines is 2. The van der Waals surface area contributed by atoms with E-state index in [4.69, 9.17) is 0 Å². The molecule has 1 unspecified atom stereocenters. The lowest BCUT2D eigenvalue weighted by molar-refractivity contribution is -0.121. The number of nitrogens with one attached hydrogen (secondary N) is 3. The van der Waals surface area contributed by atoms with E-state index >= 15 is 0 Å². The minimum Gasteiger partial charge on any atom is -0.350 e. The van der Waals surface area contributed by atoms with Crippen molar-refractivity contribution in [2.24, 2.45) is 5.92 Å². The van der Waals surface area contributed by atoms with Gasteiger partial charge in [-0.05, 0) is 49.6 Å². The van der Waals surface area contributed by atoms with Crippen LogP contribution in [0.3, 0.4) is 0 Å². The molecule has 0 spiro atoms. The molecule has 0 aliphatic heterocycles. The van der Waals surface area contributed by atoms with E-state index in [0.717, 1.165) is 39.4 Å². The molecule has 3 N–H and O–H groups in total. The van der Waals surface area contributed by atoms with Crippen molar-refractivity contribution in [2.45, 2.75) is 32.4 Å². The fourth-order valence-electron chi connectivity index (χ4n) is 2.88. The molecule has 1 fully saturated rings. The first-order valence-electron chi connectivity index (χ1n) is 9.38. The van der Waals surface area contributed by atoms with Crippen LogP contribution in [0.4, 0.5) is 10.8 Å². The van der Waals surface area contributed by atoms with Crippen molar-refractivity contribution in [3.8, 4) is 0 Å². The molecule has 1 saturated carbocycles. The number of para-hydroxylation sites is 1. The van der Waals surface area contributed by atoms with Gasteiger partial charge < -0.3 is 16.0 Å². The summed E-state index contributed by atoms with van der Waals surface area (Å²) < 4.78 is 1.09. The van der Waals surface area contributed by atoms with Crippen molar-refractivity contribution in [1.82, 2.24) is 10.3 Å². The van der Waals surface area contributed by atoms with Crippen molar-refractivity contribution in [3.05, 3.63) is 54.1 Å². The average molecular weight is 395 g/mol. The highest BCUT2D eigenvalue weighted by molar-refractivity contribution is 7.22. The second-order valence-electron chi connectivity index (χ2n) is 7.03. The molecule has 2 amide bonds. The number of carbonyl (C=O) groups is 2. The Labute approximate surface area is 167 Å². The van der Waals surface area contributed by atoms with Gasteiger partial charge in [-0.1, -0.05) is 35.6 Å². The first-order chi connectivity index (χ1) is 13.6. The van der Waals surface area contributed by atoms with E-state index in [9.17, 15) is 9.59 Å². The summed E-state index contributed by atoms with van der Waals surface area (Å²) in [4.78, 5) is 28.8. The fraction of sp³-hybridized carbons (Fsp3) is 0.286. The third-order valence-electron chi connectivity index (χ3n) is 4.64. The van der Waals surface area contributed by atoms with Crippen molar-refractivity contribution < 1.29 is 9.59 Å². The van der Waals surface area contributed by atoms with Crippen LogP contribution in [0.2, 0.25) is 0 Å². The van der Waals surface area contributed by atoms with Crippen LogP contribution in [0.15, 0.2) is 48.5 Å². The summed E-state index contributed by atoms with van der Waals surface area (Å²) in [5, 5.41) is 9.75. The lowest BCUT2D eigenvalue weighted by Gasteiger charge is -2.13. The van der Waals surface area contributed by atoms with Gasteiger partial charge in [0.2, 0.25) is 11.8 Å². The minimum atomic E-state index is -0.404. The molecule has 7 heteroatoms. The number of rotatable bonds is 7. The number of hydrogen-bond acceptors (Lipinski definition) is 5. The van der Waals surface area contributed by atoms with Crippen LogP contribution in [0.1, 0.15) is 25.3 Å². The number of fused-ring (bicyclic) bond motifs is 1. The van der Waals surface area contributed by atoms with Crippen molar-refractivity contribution in [2.75, 3.05) is 10.6 Å². The predicted molar refractivity (Wildman–Crippen MR) is 112 cm³/mol. The van der Waals surface area contributed by atoms with Gasteiger partial charge in [0.1, 0.15) is 6.04 Å². The fourth-order valence-corrected chi connectivity index (χ4v) is 3.83. The predicted octanol–water partition coefficient (Wildman–Crippen LogP) is 3.76. The number of thiazole rings is 1. The number of benzene rings is 2. The van der Waals surface area contributed by atoms with Crippen LogP contribution in [0, 0.1) is 5.92 Å². The van der Waals surface area contributed by atoms with Gasteiger partial charge >= 0.3 is 0 Å². The van der Waals surface area contributed by atoms with Crippen LogP contribution in [0.25, 0.3) is 10.2 Å². The lowest BCUT2D eigenvalue weighted by Crippen LogP contribution is -2.37. The van der Waals surface area contributed by atoms with E-state index in [0.29, 0.717) is 6.54 Å². The Morgan fingerprint density at radius 3 is 2.79 bits per heavy atom. The molecule has 1 atom stereocenters. The average Bonchev–Trinajstić information content (AvgIpc) is 3.46. The molecule has 3 aromatic rings. The summed E-state index contributed by atoms with van der Waals surface area (Å²) in [6, 6.07) is 15.1. The SMILES string of the molecule is CC(Nc1nc2ccccc2s1)C(=O)NCc1cccc(NC(=O)C2CC2)c1. The second kappa shape index (κ2) is 7.98. The zero-order chi connectivity index (χ0) is 19.5. The number of nitrogens with zero attached hydrogens (tertiary/aromatic N) is 1. The molecule has 0 bridgehead atoms. The highest BCUT2D eigenvalue weighted by atomic mass is 32.1. The van der Waals surface area contributed by atoms with Crippen molar-refractivity contribution in [1.29, 1.82) is 0 Å². The van der Waals surface area contributed by atoms with Crippen LogP contribution in [0.5, 0.6) is 0 Å². The molecule has 1 aliphatic rings. The molecule has 144 valence electrons. The molecule has 1 heterocycles. The van der Waals surface area contributed by atoms with Crippen LogP contribution in [-0.2, 0) is 16.1 Å². The molecule has 2 aromatic carbocycles. The summed E-state index contributed by atoms with van der Waals surface area (Å²) in [5.74, 6) is 0.138. The van der Waals surface area contributed by atoms with Gasteiger partial charge in [0.05, 0.1) is 10.2 Å². The molecular formula is C21H22N4O2S. The maximum absolute atomic E-state index is 12.4. The van der Waals surface area contributed by atoms with Gasteiger partial charge in [0.15, 0.2) is 5.13 Å². The van der Waals surface area contributed by atoms with Crippen LogP contribution >= 0.6 is 11.3 Å². The monoisotopic (exact) mass is 394 g/mol. The Morgan fingerprint density at radius 1 is 1.18 bits per heavy atom. The summed E-state index contributed by atoms with van der Waals surface area (Å²) in [7, 11) is 0. The lowest BCUT2D eigenvalue weighted by atomic mass is 10.2. The first kappa shape index (κ1) is 18.4. The molecule has 0 saturated heterocycles. The largest absolute Gasteiger partial charge is 0.350 e. The highest BCUT2D eigenvalue weighted by Gasteiger charge is 2.29. The Kier molecular flexibility index (Phi) is 5.25. The summed E-state index contributed by atoms with van der Waals surface area (Å²) in [5.41, 5.74) is 2.63. The Bertz CT molecular complexity index is 979. The van der Waals surface area contributed by atoms with Gasteiger partial charge in [-0.3, -0.25) is 9.59 Å². The van der Waals surface area contributed by atoms with E-state index in [-0.39, 0.29) is 17.7 Å². The minimum absolute atomic E-state index is 0.0786. The summed E-state index contributed by atoms with van der Waals surface area (Å²) >= 11 is 1.53. The van der Waals surface area contributed by atoms with E-state index in [1.165, 1.54) is 11.3 Å². The number of aromatic nitrogens is 1. The third kappa shape index (κ3) is 4.48. The number of hydrogen-bond donors (Lipinski definition) is 3. The Morgan fingerprint density at radius 2 is 2.00 bits per heavy atom. The highest BCUT2D eigenvalue weighted by Crippen LogP contribution is 2.30. The number of amides is 2. The van der Waals surface area contributed by atoms with Gasteiger partial charge in [-0.15, -0.1) is 0 Å². The van der Waals surface area contributed by atoms with E-state index in [1.54, 1.807) is 0 Å². The molecule has 0 radical (unpaired) electrons. The quantitative estimate of drug-likeness (QED) is 0.570. The molecule has 4 rings (SSSR count). The second-order valence-corrected chi connectivity index (χ2v) is 8.07. The molecule has 1 aliphatic carbocycles. The normalized spacial score (nSPS) is 14.5. The summed E-state index contributed by atoms with van der Waals surface area (Å²) in [6.07, 6.45) is 1.95. The molecule has 28 heavy (non-hydrogen) atoms. The topological polar surface area (TPSA) is 83.1 Å².